The Labute approximate surface area is 172 Å². The summed E-state index contributed by atoms with van der Waals surface area (Å²) < 4.78 is 12.5. The van der Waals surface area contributed by atoms with E-state index < -0.39 is 0 Å². The van der Waals surface area contributed by atoms with Gasteiger partial charge in [-0.15, -0.1) is 12.4 Å². The Kier molecular flexibility index (Phi) is 8.60. The van der Waals surface area contributed by atoms with Gasteiger partial charge >= 0.3 is 0 Å². The first-order valence-corrected chi connectivity index (χ1v) is 9.46. The predicted molar refractivity (Wildman–Crippen MR) is 111 cm³/mol. The van der Waals surface area contributed by atoms with Crippen LogP contribution < -0.4 is 20.1 Å². The van der Waals surface area contributed by atoms with Crippen molar-refractivity contribution in [3.8, 4) is 11.5 Å². The van der Waals surface area contributed by atoms with Crippen LogP contribution in [-0.2, 0) is 6.42 Å². The molecule has 154 valence electrons. The molecule has 1 aliphatic rings. The number of carbonyl (C=O) groups excluding carboxylic acids is 1. The molecule has 1 aromatic heterocycles. The topological polar surface area (TPSA) is 77.4 Å². The van der Waals surface area contributed by atoms with E-state index in [1.807, 2.05) is 29.1 Å². The molecule has 1 aromatic carbocycles. The minimum Gasteiger partial charge on any atom is -0.493 e. The lowest BCUT2D eigenvalue weighted by molar-refractivity contribution is 0.0947. The molecule has 0 spiro atoms. The molecular formula is C20H29ClN4O3. The standard InChI is InChI=1S/C20H28N4O3.ClH/c1-26-18-8-7-15(13-19(18)27-2)5-3-11-22-20(25)17-9-12-24(23-17)16-6-4-10-21-14-16;/h7-9,12-13,16,21H,3-6,10-11,14H2,1-2H3,(H,22,25);1H. The molecule has 7 nitrogen and oxygen atoms in total. The molecule has 0 aliphatic carbocycles. The number of benzene rings is 1. The number of piperidine rings is 1. The molecule has 1 amide bonds. The second-order valence-electron chi connectivity index (χ2n) is 6.73. The maximum absolute atomic E-state index is 12.3. The van der Waals surface area contributed by atoms with Gasteiger partial charge in [0.25, 0.3) is 5.91 Å². The Hall–Kier alpha value is -2.25. The van der Waals surface area contributed by atoms with Crippen molar-refractivity contribution < 1.29 is 14.3 Å². The fourth-order valence-corrected chi connectivity index (χ4v) is 3.34. The number of amides is 1. The number of hydrogen-bond donors (Lipinski definition) is 2. The van der Waals surface area contributed by atoms with Gasteiger partial charge in [0.1, 0.15) is 5.69 Å². The van der Waals surface area contributed by atoms with E-state index >= 15 is 0 Å². The van der Waals surface area contributed by atoms with Gasteiger partial charge < -0.3 is 20.1 Å². The molecule has 0 saturated carbocycles. The van der Waals surface area contributed by atoms with Crippen molar-refractivity contribution >= 4 is 18.3 Å². The number of aromatic nitrogens is 2. The number of halogens is 1. The van der Waals surface area contributed by atoms with Gasteiger partial charge in [-0.1, -0.05) is 6.07 Å². The summed E-state index contributed by atoms with van der Waals surface area (Å²) in [5.74, 6) is 1.32. The molecule has 28 heavy (non-hydrogen) atoms. The number of aryl methyl sites for hydroxylation is 1. The van der Waals surface area contributed by atoms with Crippen molar-refractivity contribution in [1.82, 2.24) is 20.4 Å². The summed E-state index contributed by atoms with van der Waals surface area (Å²) in [6, 6.07) is 8.02. The van der Waals surface area contributed by atoms with E-state index in [9.17, 15) is 4.79 Å². The smallest absolute Gasteiger partial charge is 0.271 e. The Balaban J connectivity index is 0.00000280. The van der Waals surface area contributed by atoms with Gasteiger partial charge in [0, 0.05) is 19.3 Å². The molecule has 1 unspecified atom stereocenters. The lowest BCUT2D eigenvalue weighted by Crippen LogP contribution is -2.32. The zero-order chi connectivity index (χ0) is 19.1. The van der Waals surface area contributed by atoms with Crippen LogP contribution in [0.1, 0.15) is 41.4 Å². The monoisotopic (exact) mass is 408 g/mol. The highest BCUT2D eigenvalue weighted by Crippen LogP contribution is 2.27. The van der Waals surface area contributed by atoms with Crippen molar-refractivity contribution in [2.24, 2.45) is 0 Å². The SMILES string of the molecule is COc1ccc(CCCNC(=O)c2ccn(C3CCCNC3)n2)cc1OC.Cl. The van der Waals surface area contributed by atoms with Gasteiger partial charge in [-0.3, -0.25) is 9.48 Å². The minimum atomic E-state index is -0.121. The molecule has 2 N–H and O–H groups in total. The highest BCUT2D eigenvalue weighted by Gasteiger charge is 2.17. The summed E-state index contributed by atoms with van der Waals surface area (Å²) in [6.07, 6.45) is 5.83. The van der Waals surface area contributed by atoms with Crippen LogP contribution in [0, 0.1) is 0 Å². The number of methoxy groups -OCH3 is 2. The van der Waals surface area contributed by atoms with Gasteiger partial charge in [0.2, 0.25) is 0 Å². The highest BCUT2D eigenvalue weighted by molar-refractivity contribution is 5.92. The Bertz CT molecular complexity index is 760. The number of rotatable bonds is 8. The van der Waals surface area contributed by atoms with Gasteiger partial charge in [-0.05, 0) is 56.0 Å². The van der Waals surface area contributed by atoms with Crippen LogP contribution in [0.15, 0.2) is 30.5 Å². The largest absolute Gasteiger partial charge is 0.493 e. The zero-order valence-electron chi connectivity index (χ0n) is 16.4. The van der Waals surface area contributed by atoms with Crippen LogP contribution in [0.2, 0.25) is 0 Å². The number of nitrogens with zero attached hydrogens (tertiary/aromatic N) is 2. The second kappa shape index (κ2) is 10.9. The molecular weight excluding hydrogens is 380 g/mol. The van der Waals surface area contributed by atoms with Crippen LogP contribution in [-0.4, -0.2) is 49.5 Å². The van der Waals surface area contributed by atoms with Gasteiger partial charge in [-0.25, -0.2) is 0 Å². The summed E-state index contributed by atoms with van der Waals surface area (Å²) in [5.41, 5.74) is 1.63. The van der Waals surface area contributed by atoms with Gasteiger partial charge in [0.15, 0.2) is 11.5 Å². The Morgan fingerprint density at radius 2 is 2.11 bits per heavy atom. The summed E-state index contributed by atoms with van der Waals surface area (Å²) in [7, 11) is 3.25. The zero-order valence-corrected chi connectivity index (χ0v) is 17.3. The van der Waals surface area contributed by atoms with Crippen molar-refractivity contribution in [3.05, 3.63) is 41.7 Å². The summed E-state index contributed by atoms with van der Waals surface area (Å²) in [6.45, 7) is 2.57. The maximum atomic E-state index is 12.3. The third-order valence-electron chi connectivity index (χ3n) is 4.86. The summed E-state index contributed by atoms with van der Waals surface area (Å²) in [4.78, 5) is 12.3. The number of nitrogens with one attached hydrogen (secondary N) is 2. The molecule has 1 aliphatic heterocycles. The van der Waals surface area contributed by atoms with Gasteiger partial charge in [-0.2, -0.15) is 5.10 Å². The first kappa shape index (κ1) is 22.0. The van der Waals surface area contributed by atoms with E-state index in [0.717, 1.165) is 55.8 Å². The fourth-order valence-electron chi connectivity index (χ4n) is 3.34. The average molecular weight is 409 g/mol. The van der Waals surface area contributed by atoms with E-state index in [0.29, 0.717) is 18.3 Å². The molecule has 1 atom stereocenters. The van der Waals surface area contributed by atoms with Crippen LogP contribution in [0.5, 0.6) is 11.5 Å². The van der Waals surface area contributed by atoms with Gasteiger partial charge in [0.05, 0.1) is 20.3 Å². The highest BCUT2D eigenvalue weighted by atomic mass is 35.5. The molecule has 1 saturated heterocycles. The second-order valence-corrected chi connectivity index (χ2v) is 6.73. The Morgan fingerprint density at radius 1 is 1.29 bits per heavy atom. The lowest BCUT2D eigenvalue weighted by Gasteiger charge is -2.22. The first-order valence-electron chi connectivity index (χ1n) is 9.46. The van der Waals surface area contributed by atoms with E-state index in [4.69, 9.17) is 9.47 Å². The van der Waals surface area contributed by atoms with E-state index in [-0.39, 0.29) is 18.3 Å². The van der Waals surface area contributed by atoms with Crippen LogP contribution >= 0.6 is 12.4 Å². The summed E-state index contributed by atoms with van der Waals surface area (Å²) >= 11 is 0. The van der Waals surface area contributed by atoms with Crippen molar-refractivity contribution in [2.75, 3.05) is 33.9 Å². The molecule has 1 fully saturated rings. The molecule has 3 rings (SSSR count). The van der Waals surface area contributed by atoms with Crippen LogP contribution in [0.25, 0.3) is 0 Å². The molecule has 8 heteroatoms. The third-order valence-corrected chi connectivity index (χ3v) is 4.86. The van der Waals surface area contributed by atoms with Crippen molar-refractivity contribution in [2.45, 2.75) is 31.7 Å². The quantitative estimate of drug-likeness (QED) is 0.656. The predicted octanol–water partition coefficient (Wildman–Crippen LogP) is 2.61. The molecule has 0 radical (unpaired) electrons. The molecule has 2 heterocycles. The van der Waals surface area contributed by atoms with E-state index in [2.05, 4.69) is 15.7 Å². The molecule has 2 aromatic rings. The summed E-state index contributed by atoms with van der Waals surface area (Å²) in [5, 5.41) is 10.8. The third kappa shape index (κ3) is 5.62. The fraction of sp³-hybridized carbons (Fsp3) is 0.500. The first-order chi connectivity index (χ1) is 13.2. The molecule has 0 bridgehead atoms. The number of carbonyl (C=O) groups is 1. The van der Waals surface area contributed by atoms with Crippen molar-refractivity contribution in [1.29, 1.82) is 0 Å². The maximum Gasteiger partial charge on any atom is 0.271 e. The minimum absolute atomic E-state index is 0. The van der Waals surface area contributed by atoms with Crippen LogP contribution in [0.3, 0.4) is 0 Å². The van der Waals surface area contributed by atoms with Crippen LogP contribution in [0.4, 0.5) is 0 Å². The number of hydrogen-bond acceptors (Lipinski definition) is 5. The Morgan fingerprint density at radius 3 is 2.82 bits per heavy atom. The number of ether oxygens (including phenoxy) is 2. The van der Waals surface area contributed by atoms with E-state index in [1.54, 1.807) is 20.3 Å². The van der Waals surface area contributed by atoms with Crippen molar-refractivity contribution in [3.63, 3.8) is 0 Å². The van der Waals surface area contributed by atoms with E-state index in [1.165, 1.54) is 0 Å². The lowest BCUT2D eigenvalue weighted by atomic mass is 10.1. The average Bonchev–Trinajstić information content (AvgIpc) is 3.22. The normalized spacial score (nSPS) is 16.1.